The maximum absolute atomic E-state index is 10.3. The maximum atomic E-state index is 10.3. The Morgan fingerprint density at radius 1 is 1.17 bits per heavy atom. The molecular weight excluding hydrogens is 152 g/mol. The minimum Gasteiger partial charge on any atom is -0.481 e. The lowest BCUT2D eigenvalue weighted by molar-refractivity contribution is -0.136. The third-order valence-electron chi connectivity index (χ3n) is 1.42. The zero-order chi connectivity index (χ0) is 8.81. The molecule has 2 heteroatoms. The van der Waals surface area contributed by atoms with E-state index in [1.54, 1.807) is 12.2 Å². The van der Waals surface area contributed by atoms with Crippen LogP contribution in [-0.4, -0.2) is 11.1 Å². The second-order valence-corrected chi connectivity index (χ2v) is 2.44. The van der Waals surface area contributed by atoms with Crippen LogP contribution in [0.1, 0.15) is 6.42 Å². The average molecular weight is 162 g/mol. The zero-order valence-corrected chi connectivity index (χ0v) is 6.60. The van der Waals surface area contributed by atoms with E-state index in [4.69, 9.17) is 5.11 Å². The minimum absolute atomic E-state index is 0.0781. The maximum Gasteiger partial charge on any atom is 0.307 e. The van der Waals surface area contributed by atoms with Gasteiger partial charge in [0, 0.05) is 0 Å². The normalized spacial score (nSPS) is 27.5. The molecule has 0 fully saturated rings. The van der Waals surface area contributed by atoms with E-state index in [9.17, 15) is 4.79 Å². The fourth-order valence-electron chi connectivity index (χ4n) is 0.899. The summed E-state index contributed by atoms with van der Waals surface area (Å²) in [7, 11) is 0. The molecule has 0 aliphatic heterocycles. The summed E-state index contributed by atoms with van der Waals surface area (Å²) in [6.07, 6.45) is 13.0. The lowest BCUT2D eigenvalue weighted by atomic mass is 10.1. The van der Waals surface area contributed by atoms with Gasteiger partial charge in [-0.25, -0.2) is 0 Å². The minimum atomic E-state index is -0.802. The van der Waals surface area contributed by atoms with Crippen molar-refractivity contribution < 1.29 is 9.90 Å². The van der Waals surface area contributed by atoms with Crippen LogP contribution >= 0.6 is 0 Å². The van der Waals surface area contributed by atoms with Gasteiger partial charge in [0.2, 0.25) is 0 Å². The Morgan fingerprint density at radius 2 is 1.83 bits per heavy atom. The summed E-state index contributed by atoms with van der Waals surface area (Å²) in [6.45, 7) is 0. The number of carboxylic acids is 1. The van der Waals surface area contributed by atoms with Crippen LogP contribution in [0, 0.1) is 0 Å². The summed E-state index contributed by atoms with van der Waals surface area (Å²) >= 11 is 0. The molecule has 1 rings (SSSR count). The van der Waals surface area contributed by atoms with Gasteiger partial charge < -0.3 is 5.11 Å². The Morgan fingerprint density at radius 3 is 2.58 bits per heavy atom. The molecule has 12 heavy (non-hydrogen) atoms. The van der Waals surface area contributed by atoms with Crippen LogP contribution in [-0.2, 0) is 4.79 Å². The predicted octanol–water partition coefficient (Wildman–Crippen LogP) is 2.07. The van der Waals surface area contributed by atoms with Crippen molar-refractivity contribution in [3.63, 3.8) is 0 Å². The lowest BCUT2D eigenvalue weighted by Crippen LogP contribution is -1.95. The molecule has 0 radical (unpaired) electrons. The molecule has 0 heterocycles. The molecule has 0 aromatic carbocycles. The smallest absolute Gasteiger partial charge is 0.307 e. The van der Waals surface area contributed by atoms with Crippen molar-refractivity contribution in [3.05, 3.63) is 48.1 Å². The highest BCUT2D eigenvalue weighted by Gasteiger charge is 1.98. The second kappa shape index (κ2) is 4.34. The second-order valence-electron chi connectivity index (χ2n) is 2.44. The molecule has 1 aliphatic rings. The van der Waals surface area contributed by atoms with E-state index in [0.717, 1.165) is 5.57 Å². The summed E-state index contributed by atoms with van der Waals surface area (Å²) in [5.41, 5.74) is 0.808. The molecule has 0 bridgehead atoms. The fraction of sp³-hybridized carbons (Fsp3) is 0.100. The van der Waals surface area contributed by atoms with Crippen LogP contribution in [0.4, 0.5) is 0 Å². The van der Waals surface area contributed by atoms with Gasteiger partial charge >= 0.3 is 5.97 Å². The average Bonchev–Trinajstić information content (AvgIpc) is 1.93. The van der Waals surface area contributed by atoms with Gasteiger partial charge in [-0.3, -0.25) is 4.79 Å². The molecule has 0 atom stereocenters. The number of hydrogen-bond donors (Lipinski definition) is 1. The monoisotopic (exact) mass is 162 g/mol. The molecule has 0 amide bonds. The first-order valence-corrected chi connectivity index (χ1v) is 3.71. The summed E-state index contributed by atoms with van der Waals surface area (Å²) in [6, 6.07) is 0. The molecule has 0 aromatic heterocycles. The van der Waals surface area contributed by atoms with Crippen molar-refractivity contribution in [2.45, 2.75) is 6.42 Å². The van der Waals surface area contributed by atoms with Crippen molar-refractivity contribution in [1.82, 2.24) is 0 Å². The summed E-state index contributed by atoms with van der Waals surface area (Å²) in [5.74, 6) is -0.802. The van der Waals surface area contributed by atoms with E-state index < -0.39 is 5.97 Å². The summed E-state index contributed by atoms with van der Waals surface area (Å²) in [5, 5.41) is 8.51. The van der Waals surface area contributed by atoms with Gasteiger partial charge in [-0.05, 0) is 5.57 Å². The van der Waals surface area contributed by atoms with Gasteiger partial charge in [0.15, 0.2) is 0 Å². The lowest BCUT2D eigenvalue weighted by Gasteiger charge is -1.95. The topological polar surface area (TPSA) is 37.3 Å². The summed E-state index contributed by atoms with van der Waals surface area (Å²) in [4.78, 5) is 10.3. The highest BCUT2D eigenvalue weighted by Crippen LogP contribution is 2.05. The van der Waals surface area contributed by atoms with Crippen molar-refractivity contribution >= 4 is 5.97 Å². The van der Waals surface area contributed by atoms with Crippen LogP contribution in [0.5, 0.6) is 0 Å². The SMILES string of the molecule is O=C(O)CC1=C/C=C\C=C/C=C\1. The van der Waals surface area contributed by atoms with E-state index >= 15 is 0 Å². The van der Waals surface area contributed by atoms with Crippen LogP contribution in [0.25, 0.3) is 0 Å². The third kappa shape index (κ3) is 3.01. The number of hydrogen-bond acceptors (Lipinski definition) is 1. The molecule has 1 aliphatic carbocycles. The standard InChI is InChI=1S/C10H10O2/c11-10(12)8-9-6-4-2-1-3-5-7-9/h1-7H,8H2,(H,11,12)/b2-1-,3-1?,4-2?,5-3-,6-4-,7-5?,9-6?,9-7+. The molecule has 0 aromatic rings. The number of carbonyl (C=O) groups is 1. The van der Waals surface area contributed by atoms with Crippen LogP contribution in [0.2, 0.25) is 0 Å². The van der Waals surface area contributed by atoms with Crippen LogP contribution < -0.4 is 0 Å². The Kier molecular flexibility index (Phi) is 3.08. The molecule has 1 N–H and O–H groups in total. The third-order valence-corrected chi connectivity index (χ3v) is 1.42. The van der Waals surface area contributed by atoms with E-state index in [1.165, 1.54) is 0 Å². The number of allylic oxidation sites excluding steroid dienone is 7. The van der Waals surface area contributed by atoms with Gasteiger partial charge in [-0.15, -0.1) is 0 Å². The van der Waals surface area contributed by atoms with E-state index in [1.807, 2.05) is 30.4 Å². The van der Waals surface area contributed by atoms with Crippen molar-refractivity contribution in [2.24, 2.45) is 0 Å². The largest absolute Gasteiger partial charge is 0.481 e. The molecule has 0 spiro atoms. The van der Waals surface area contributed by atoms with Crippen molar-refractivity contribution in [2.75, 3.05) is 0 Å². The number of carboxylic acid groups (broad SMARTS) is 1. The number of aliphatic carboxylic acids is 1. The molecule has 0 saturated carbocycles. The molecular formula is C10H10O2. The first kappa shape index (κ1) is 8.53. The van der Waals surface area contributed by atoms with Gasteiger partial charge in [0.25, 0.3) is 0 Å². The van der Waals surface area contributed by atoms with E-state index in [2.05, 4.69) is 0 Å². The Labute approximate surface area is 71.2 Å². The first-order chi connectivity index (χ1) is 5.79. The molecule has 2 nitrogen and oxygen atoms in total. The highest BCUT2D eigenvalue weighted by molar-refractivity contribution is 5.71. The highest BCUT2D eigenvalue weighted by atomic mass is 16.4. The van der Waals surface area contributed by atoms with E-state index in [0.29, 0.717) is 0 Å². The van der Waals surface area contributed by atoms with Gasteiger partial charge in [0.05, 0.1) is 6.42 Å². The Balaban J connectivity index is 2.69. The van der Waals surface area contributed by atoms with Crippen LogP contribution in [0.15, 0.2) is 48.1 Å². The first-order valence-electron chi connectivity index (χ1n) is 3.71. The molecule has 0 saturated heterocycles. The fourth-order valence-corrected chi connectivity index (χ4v) is 0.899. The molecule has 0 unspecified atom stereocenters. The van der Waals surface area contributed by atoms with Gasteiger partial charge in [-0.1, -0.05) is 42.5 Å². The van der Waals surface area contributed by atoms with E-state index in [-0.39, 0.29) is 6.42 Å². The number of rotatable bonds is 2. The summed E-state index contributed by atoms with van der Waals surface area (Å²) < 4.78 is 0. The molecule has 62 valence electrons. The van der Waals surface area contributed by atoms with Crippen molar-refractivity contribution in [3.8, 4) is 0 Å². The van der Waals surface area contributed by atoms with Gasteiger partial charge in [0.1, 0.15) is 0 Å². The van der Waals surface area contributed by atoms with Crippen LogP contribution in [0.3, 0.4) is 0 Å². The van der Waals surface area contributed by atoms with Crippen molar-refractivity contribution in [1.29, 1.82) is 0 Å². The Hall–Kier alpha value is -1.57. The quantitative estimate of drug-likeness (QED) is 0.674. The Bertz CT molecular complexity index is 280. The zero-order valence-electron chi connectivity index (χ0n) is 6.60. The van der Waals surface area contributed by atoms with Gasteiger partial charge in [-0.2, -0.15) is 0 Å². The predicted molar refractivity (Wildman–Crippen MR) is 47.8 cm³/mol.